The average Bonchev–Trinajstić information content (AvgIpc) is 3.38. The van der Waals surface area contributed by atoms with Gasteiger partial charge < -0.3 is 9.42 Å². The maximum absolute atomic E-state index is 12.7. The lowest BCUT2D eigenvalue weighted by atomic mass is 9.77. The zero-order chi connectivity index (χ0) is 20.2. The number of hydrogen-bond acceptors (Lipinski definition) is 7. The van der Waals surface area contributed by atoms with Crippen LogP contribution in [0.3, 0.4) is 0 Å². The molecule has 1 atom stereocenters. The van der Waals surface area contributed by atoms with E-state index in [0.29, 0.717) is 17.4 Å². The van der Waals surface area contributed by atoms with Gasteiger partial charge in [-0.15, -0.1) is 0 Å². The highest BCUT2D eigenvalue weighted by atomic mass is 16.5. The van der Waals surface area contributed by atoms with Gasteiger partial charge in [0.15, 0.2) is 5.69 Å². The molecule has 1 amide bonds. The van der Waals surface area contributed by atoms with Crippen molar-refractivity contribution in [1.82, 2.24) is 34.7 Å². The molecule has 0 aliphatic carbocycles. The minimum Gasteiger partial charge on any atom is -0.337 e. The highest BCUT2D eigenvalue weighted by Gasteiger charge is 2.53. The number of rotatable bonds is 3. The van der Waals surface area contributed by atoms with Crippen molar-refractivity contribution in [3.05, 3.63) is 47.9 Å². The number of nitrogens with zero attached hydrogens (tertiary/aromatic N) is 7. The van der Waals surface area contributed by atoms with Crippen LogP contribution in [0.5, 0.6) is 0 Å². The third kappa shape index (κ3) is 3.02. The Labute approximate surface area is 168 Å². The molecule has 0 radical (unpaired) electrons. The second-order valence-corrected chi connectivity index (χ2v) is 8.28. The zero-order valence-corrected chi connectivity index (χ0v) is 16.7. The van der Waals surface area contributed by atoms with E-state index < -0.39 is 0 Å². The molecular weight excluding hydrogens is 370 g/mol. The van der Waals surface area contributed by atoms with Crippen molar-refractivity contribution in [2.24, 2.45) is 12.5 Å². The molecule has 2 aliphatic heterocycles. The molecule has 0 saturated carbocycles. The van der Waals surface area contributed by atoms with Gasteiger partial charge in [0.1, 0.15) is 0 Å². The van der Waals surface area contributed by atoms with E-state index in [1.165, 1.54) is 0 Å². The van der Waals surface area contributed by atoms with E-state index in [1.54, 1.807) is 17.1 Å². The highest BCUT2D eigenvalue weighted by Crippen LogP contribution is 2.47. The van der Waals surface area contributed by atoms with Gasteiger partial charge in [-0.2, -0.15) is 10.1 Å². The van der Waals surface area contributed by atoms with Gasteiger partial charge in [0.05, 0.1) is 6.04 Å². The normalized spacial score (nSPS) is 20.9. The molecule has 9 heteroatoms. The second kappa shape index (κ2) is 6.48. The van der Waals surface area contributed by atoms with Crippen LogP contribution >= 0.6 is 0 Å². The van der Waals surface area contributed by atoms with Crippen molar-refractivity contribution in [3.8, 4) is 11.4 Å². The summed E-state index contributed by atoms with van der Waals surface area (Å²) in [6.45, 7) is 4.31. The molecule has 1 unspecified atom stereocenters. The number of carbonyl (C=O) groups is 1. The topological polar surface area (TPSA) is 93.2 Å². The Morgan fingerprint density at radius 3 is 2.66 bits per heavy atom. The molecule has 2 fully saturated rings. The van der Waals surface area contributed by atoms with Crippen molar-refractivity contribution in [1.29, 1.82) is 0 Å². The van der Waals surface area contributed by atoms with Gasteiger partial charge in [0.25, 0.3) is 5.91 Å². The predicted octanol–water partition coefficient (Wildman–Crippen LogP) is 1.69. The number of pyridine rings is 1. The maximum atomic E-state index is 12.7. The monoisotopic (exact) mass is 393 g/mol. The summed E-state index contributed by atoms with van der Waals surface area (Å²) in [5.41, 5.74) is 2.45. The molecule has 0 bridgehead atoms. The average molecular weight is 393 g/mol. The van der Waals surface area contributed by atoms with Crippen LogP contribution in [0.2, 0.25) is 0 Å². The third-order valence-electron chi connectivity index (χ3n) is 6.08. The summed E-state index contributed by atoms with van der Waals surface area (Å²) in [6, 6.07) is 5.63. The minimum absolute atomic E-state index is 0.00296. The first kappa shape index (κ1) is 18.0. The smallest absolute Gasteiger partial charge is 0.274 e. The van der Waals surface area contributed by atoms with E-state index in [-0.39, 0.29) is 17.4 Å². The molecule has 3 aromatic heterocycles. The lowest BCUT2D eigenvalue weighted by molar-refractivity contribution is 0.0109. The van der Waals surface area contributed by atoms with Crippen LogP contribution in [0.25, 0.3) is 11.4 Å². The summed E-state index contributed by atoms with van der Waals surface area (Å²) in [7, 11) is 3.92. The van der Waals surface area contributed by atoms with Gasteiger partial charge in [0.2, 0.25) is 11.7 Å². The minimum atomic E-state index is 0.00296. The number of carbonyl (C=O) groups excluding carboxylic acids is 1. The molecule has 2 saturated heterocycles. The zero-order valence-electron chi connectivity index (χ0n) is 16.7. The summed E-state index contributed by atoms with van der Waals surface area (Å²) in [4.78, 5) is 25.5. The Kier molecular flexibility index (Phi) is 4.02. The van der Waals surface area contributed by atoms with Crippen LogP contribution < -0.4 is 0 Å². The van der Waals surface area contributed by atoms with Crippen LogP contribution in [0.1, 0.15) is 34.5 Å². The van der Waals surface area contributed by atoms with Crippen molar-refractivity contribution < 1.29 is 9.32 Å². The number of likely N-dealkylation sites (tertiary alicyclic amines) is 2. The first-order valence-electron chi connectivity index (χ1n) is 9.68. The third-order valence-corrected chi connectivity index (χ3v) is 6.08. The summed E-state index contributed by atoms with van der Waals surface area (Å²) in [6.07, 6.45) is 4.32. The number of aromatic nitrogens is 5. The van der Waals surface area contributed by atoms with Crippen molar-refractivity contribution in [3.63, 3.8) is 0 Å². The van der Waals surface area contributed by atoms with E-state index in [1.807, 2.05) is 37.1 Å². The van der Waals surface area contributed by atoms with Gasteiger partial charge in [-0.1, -0.05) is 5.16 Å². The molecule has 29 heavy (non-hydrogen) atoms. The van der Waals surface area contributed by atoms with E-state index in [9.17, 15) is 4.79 Å². The van der Waals surface area contributed by atoms with Gasteiger partial charge >= 0.3 is 0 Å². The van der Waals surface area contributed by atoms with Gasteiger partial charge in [0, 0.05) is 55.7 Å². The van der Waals surface area contributed by atoms with E-state index >= 15 is 0 Å². The van der Waals surface area contributed by atoms with Crippen molar-refractivity contribution >= 4 is 5.91 Å². The Morgan fingerprint density at radius 2 is 1.97 bits per heavy atom. The van der Waals surface area contributed by atoms with Crippen LogP contribution in [0.15, 0.2) is 35.1 Å². The Bertz CT molecular complexity index is 1030. The molecule has 2 aliphatic rings. The van der Waals surface area contributed by atoms with Gasteiger partial charge in [-0.25, -0.2) is 0 Å². The fraction of sp³-hybridized carbons (Fsp3) is 0.450. The molecule has 150 valence electrons. The quantitative estimate of drug-likeness (QED) is 0.668. The maximum Gasteiger partial charge on any atom is 0.274 e. The second-order valence-electron chi connectivity index (χ2n) is 8.28. The molecule has 5 heterocycles. The molecule has 5 rings (SSSR count). The Balaban J connectivity index is 1.27. The number of hydrogen-bond donors (Lipinski definition) is 0. The molecule has 1 spiro atoms. The van der Waals surface area contributed by atoms with Gasteiger partial charge in [-0.05, 0) is 38.6 Å². The molecule has 9 nitrogen and oxygen atoms in total. The van der Waals surface area contributed by atoms with Gasteiger partial charge in [-0.3, -0.25) is 19.4 Å². The number of aryl methyl sites for hydroxylation is 2. The number of amides is 1. The summed E-state index contributed by atoms with van der Waals surface area (Å²) < 4.78 is 7.31. The first-order chi connectivity index (χ1) is 13.9. The summed E-state index contributed by atoms with van der Waals surface area (Å²) in [5, 5.41) is 8.45. The molecule has 0 N–H and O–H groups in total. The van der Waals surface area contributed by atoms with E-state index in [4.69, 9.17) is 4.52 Å². The molecule has 3 aromatic rings. The first-order valence-corrected chi connectivity index (χ1v) is 9.68. The molecular formula is C20H23N7O2. The summed E-state index contributed by atoms with van der Waals surface area (Å²) in [5.74, 6) is 1.21. The van der Waals surface area contributed by atoms with E-state index in [0.717, 1.165) is 37.3 Å². The lowest BCUT2D eigenvalue weighted by Crippen LogP contribution is -2.59. The van der Waals surface area contributed by atoms with Crippen LogP contribution in [-0.2, 0) is 7.05 Å². The standard InChI is InChI=1S/C20H23N7O2/c1-13-8-15(23-26(13)3)19(28)27-11-20(12-27)9-16(25(2)10-20)18-22-17(24-29-18)14-4-6-21-7-5-14/h4-8,16H,9-12H2,1-3H3. The van der Waals surface area contributed by atoms with Crippen molar-refractivity contribution in [2.75, 3.05) is 26.7 Å². The largest absolute Gasteiger partial charge is 0.337 e. The SMILES string of the molecule is Cc1cc(C(=O)N2CC3(CC(c4nc(-c5ccncc5)no4)N(C)C3)C2)nn1C. The lowest BCUT2D eigenvalue weighted by Gasteiger charge is -2.47. The Morgan fingerprint density at radius 1 is 1.21 bits per heavy atom. The van der Waals surface area contributed by atoms with Crippen LogP contribution in [0, 0.1) is 12.3 Å². The fourth-order valence-electron chi connectivity index (χ4n) is 4.50. The summed E-state index contributed by atoms with van der Waals surface area (Å²) >= 11 is 0. The Hall–Kier alpha value is -3.07. The van der Waals surface area contributed by atoms with E-state index in [2.05, 4.69) is 32.2 Å². The highest BCUT2D eigenvalue weighted by molar-refractivity contribution is 5.93. The van der Waals surface area contributed by atoms with Crippen LogP contribution in [-0.4, -0.2) is 67.3 Å². The molecule has 0 aromatic carbocycles. The predicted molar refractivity (Wildman–Crippen MR) is 104 cm³/mol. The fourth-order valence-corrected chi connectivity index (χ4v) is 4.50. The van der Waals surface area contributed by atoms with Crippen LogP contribution in [0.4, 0.5) is 0 Å². The van der Waals surface area contributed by atoms with Crippen molar-refractivity contribution in [2.45, 2.75) is 19.4 Å².